The largest absolute Gasteiger partial charge is 0.493 e. The molecule has 2 aromatic carbocycles. The molecule has 0 unspecified atom stereocenters. The van der Waals surface area contributed by atoms with E-state index in [0.29, 0.717) is 48.8 Å². The third kappa shape index (κ3) is 4.70. The highest BCUT2D eigenvalue weighted by Crippen LogP contribution is 2.38. The number of ether oxygens (including phenoxy) is 2. The van der Waals surface area contributed by atoms with E-state index in [9.17, 15) is 13.2 Å². The highest BCUT2D eigenvalue weighted by atomic mass is 19.4. The number of hydrogen-bond donors (Lipinski definition) is 2. The summed E-state index contributed by atoms with van der Waals surface area (Å²) >= 11 is 0. The maximum absolute atomic E-state index is 13.2. The number of nitrogens with one attached hydrogen (secondary N) is 2. The highest BCUT2D eigenvalue weighted by Gasteiger charge is 2.37. The Kier molecular flexibility index (Phi) is 6.49. The van der Waals surface area contributed by atoms with E-state index in [4.69, 9.17) is 14.0 Å². The SMILES string of the molecule is CCCc1c(OCCCc2c[nH]c3cccc(OCc4nn[nH]n4)c23)ccc2c(C(F)(F)F)noc12. The fourth-order valence-electron chi connectivity index (χ4n) is 4.24. The second-order valence-corrected chi connectivity index (χ2v) is 8.26. The summed E-state index contributed by atoms with van der Waals surface area (Å²) in [5.41, 5.74) is 1.71. The average Bonchev–Trinajstić information content (AvgIpc) is 3.61. The number of aromatic amines is 2. The molecule has 0 atom stereocenters. The summed E-state index contributed by atoms with van der Waals surface area (Å²) in [6.45, 7) is 2.50. The van der Waals surface area contributed by atoms with Gasteiger partial charge in [0, 0.05) is 22.7 Å². The molecule has 3 aromatic heterocycles. The van der Waals surface area contributed by atoms with Crippen molar-refractivity contribution in [2.75, 3.05) is 6.61 Å². The second kappa shape index (κ2) is 9.88. The minimum absolute atomic E-state index is 0.0505. The molecule has 36 heavy (non-hydrogen) atoms. The van der Waals surface area contributed by atoms with Gasteiger partial charge in [-0.25, -0.2) is 0 Å². The van der Waals surface area contributed by atoms with Gasteiger partial charge in [-0.05, 0) is 49.1 Å². The van der Waals surface area contributed by atoms with Crippen LogP contribution in [0.25, 0.3) is 21.9 Å². The van der Waals surface area contributed by atoms with E-state index in [1.807, 2.05) is 31.3 Å². The molecule has 0 saturated carbocycles. The van der Waals surface area contributed by atoms with Gasteiger partial charge in [-0.1, -0.05) is 29.8 Å². The fourth-order valence-corrected chi connectivity index (χ4v) is 4.24. The molecule has 2 N–H and O–H groups in total. The molecule has 0 radical (unpaired) electrons. The van der Waals surface area contributed by atoms with Crippen molar-refractivity contribution in [3.05, 3.63) is 59.2 Å². The number of aromatic nitrogens is 6. The first-order valence-corrected chi connectivity index (χ1v) is 11.5. The van der Waals surface area contributed by atoms with Crippen LogP contribution in [0.2, 0.25) is 0 Å². The quantitative estimate of drug-likeness (QED) is 0.247. The first kappa shape index (κ1) is 23.6. The standard InChI is InChI=1S/C24H23F3N6O3/c1-2-5-15-18(10-9-16-22(15)36-31-23(16)24(25,26)27)34-11-4-6-14-12-28-17-7-3-8-19(21(14)17)35-13-20-29-32-33-30-20/h3,7-10,12,28H,2,4-6,11,13H2,1H3,(H,29,30,32,33). The Bertz CT molecular complexity index is 1460. The van der Waals surface area contributed by atoms with Gasteiger partial charge in [0.15, 0.2) is 17.9 Å². The number of benzene rings is 2. The zero-order valence-corrected chi connectivity index (χ0v) is 19.4. The molecule has 0 amide bonds. The maximum atomic E-state index is 13.2. The van der Waals surface area contributed by atoms with E-state index in [0.717, 1.165) is 22.9 Å². The second-order valence-electron chi connectivity index (χ2n) is 8.26. The van der Waals surface area contributed by atoms with E-state index in [2.05, 4.69) is 30.8 Å². The molecule has 5 rings (SSSR count). The van der Waals surface area contributed by atoms with Crippen LogP contribution < -0.4 is 9.47 Å². The minimum Gasteiger partial charge on any atom is -0.493 e. The molecule has 0 spiro atoms. The third-order valence-electron chi connectivity index (χ3n) is 5.81. The number of H-pyrrole nitrogens is 2. The average molecular weight is 500 g/mol. The molecule has 0 fully saturated rings. The van der Waals surface area contributed by atoms with E-state index >= 15 is 0 Å². The van der Waals surface area contributed by atoms with Gasteiger partial charge in [-0.15, -0.1) is 10.2 Å². The Labute approximate surface area is 203 Å². The Morgan fingerprint density at radius 2 is 1.94 bits per heavy atom. The van der Waals surface area contributed by atoms with Gasteiger partial charge in [0.2, 0.25) is 5.82 Å². The predicted molar refractivity (Wildman–Crippen MR) is 124 cm³/mol. The molecule has 5 aromatic rings. The van der Waals surface area contributed by atoms with Crippen LogP contribution in [0.3, 0.4) is 0 Å². The molecule has 0 aliphatic heterocycles. The van der Waals surface area contributed by atoms with Gasteiger partial charge in [-0.2, -0.15) is 18.4 Å². The van der Waals surface area contributed by atoms with Gasteiger partial charge < -0.3 is 19.0 Å². The van der Waals surface area contributed by atoms with Crippen LogP contribution in [0.4, 0.5) is 13.2 Å². The minimum atomic E-state index is -4.58. The van der Waals surface area contributed by atoms with Crippen LogP contribution in [0, 0.1) is 0 Å². The summed E-state index contributed by atoms with van der Waals surface area (Å²) in [7, 11) is 0. The summed E-state index contributed by atoms with van der Waals surface area (Å²) in [5.74, 6) is 1.67. The van der Waals surface area contributed by atoms with Crippen molar-refractivity contribution >= 4 is 21.9 Å². The first-order chi connectivity index (χ1) is 17.5. The number of tetrazole rings is 1. The van der Waals surface area contributed by atoms with Gasteiger partial charge in [0.05, 0.1) is 12.0 Å². The van der Waals surface area contributed by atoms with Crippen molar-refractivity contribution in [1.29, 1.82) is 0 Å². The van der Waals surface area contributed by atoms with Crippen molar-refractivity contribution in [2.24, 2.45) is 0 Å². The Morgan fingerprint density at radius 3 is 2.72 bits per heavy atom. The number of nitrogens with zero attached hydrogens (tertiary/aromatic N) is 4. The van der Waals surface area contributed by atoms with Gasteiger partial charge in [-0.3, -0.25) is 0 Å². The van der Waals surface area contributed by atoms with E-state index < -0.39 is 11.9 Å². The predicted octanol–water partition coefficient (Wildman–Crippen LogP) is 5.38. The third-order valence-corrected chi connectivity index (χ3v) is 5.81. The normalized spacial score (nSPS) is 12.0. The van der Waals surface area contributed by atoms with Crippen LogP contribution in [0.15, 0.2) is 41.1 Å². The molecule has 0 saturated heterocycles. The lowest BCUT2D eigenvalue weighted by molar-refractivity contribution is -0.141. The number of halogens is 3. The van der Waals surface area contributed by atoms with Gasteiger partial charge in [0.25, 0.3) is 0 Å². The fraction of sp³-hybridized carbons (Fsp3) is 0.333. The lowest BCUT2D eigenvalue weighted by Gasteiger charge is -2.12. The highest BCUT2D eigenvalue weighted by molar-refractivity contribution is 5.89. The van der Waals surface area contributed by atoms with Crippen LogP contribution in [-0.2, 0) is 25.6 Å². The number of hydrogen-bond acceptors (Lipinski definition) is 7. The lowest BCUT2D eigenvalue weighted by atomic mass is 10.0. The zero-order chi connectivity index (χ0) is 25.1. The van der Waals surface area contributed by atoms with Gasteiger partial charge >= 0.3 is 6.18 Å². The van der Waals surface area contributed by atoms with Gasteiger partial charge in [0.1, 0.15) is 11.5 Å². The van der Waals surface area contributed by atoms with E-state index in [1.165, 1.54) is 6.07 Å². The number of fused-ring (bicyclic) bond motifs is 2. The van der Waals surface area contributed by atoms with Crippen LogP contribution in [0.1, 0.15) is 42.4 Å². The number of rotatable bonds is 10. The number of aryl methyl sites for hydroxylation is 2. The van der Waals surface area contributed by atoms with Crippen molar-refractivity contribution in [2.45, 2.75) is 45.4 Å². The van der Waals surface area contributed by atoms with Crippen LogP contribution in [0.5, 0.6) is 11.5 Å². The number of alkyl halides is 3. The monoisotopic (exact) mass is 500 g/mol. The Balaban J connectivity index is 1.28. The maximum Gasteiger partial charge on any atom is 0.437 e. The summed E-state index contributed by atoms with van der Waals surface area (Å²) in [4.78, 5) is 3.26. The summed E-state index contributed by atoms with van der Waals surface area (Å²) in [6.07, 6.45) is -0.0191. The van der Waals surface area contributed by atoms with Crippen molar-refractivity contribution in [1.82, 2.24) is 30.8 Å². The smallest absolute Gasteiger partial charge is 0.437 e. The molecule has 0 aliphatic carbocycles. The van der Waals surface area contributed by atoms with Crippen LogP contribution >= 0.6 is 0 Å². The molecule has 0 aliphatic rings. The molecule has 9 nitrogen and oxygen atoms in total. The molecular formula is C24H23F3N6O3. The molecule has 188 valence electrons. The summed E-state index contributed by atoms with van der Waals surface area (Å²) in [6, 6.07) is 8.67. The molecule has 3 heterocycles. The van der Waals surface area contributed by atoms with Crippen molar-refractivity contribution in [3.63, 3.8) is 0 Å². The molecular weight excluding hydrogens is 477 g/mol. The Morgan fingerprint density at radius 1 is 1.06 bits per heavy atom. The summed E-state index contributed by atoms with van der Waals surface area (Å²) in [5, 5.41) is 17.9. The van der Waals surface area contributed by atoms with E-state index in [1.54, 1.807) is 6.07 Å². The summed E-state index contributed by atoms with van der Waals surface area (Å²) < 4.78 is 56.7. The molecule has 12 heteroatoms. The van der Waals surface area contributed by atoms with E-state index in [-0.39, 0.29) is 17.6 Å². The zero-order valence-electron chi connectivity index (χ0n) is 19.4. The lowest BCUT2D eigenvalue weighted by Crippen LogP contribution is -2.06. The van der Waals surface area contributed by atoms with Crippen molar-refractivity contribution in [3.8, 4) is 11.5 Å². The van der Waals surface area contributed by atoms with Crippen LogP contribution in [-0.4, -0.2) is 37.4 Å². The topological polar surface area (TPSA) is 115 Å². The first-order valence-electron chi connectivity index (χ1n) is 11.5. The van der Waals surface area contributed by atoms with Crippen molar-refractivity contribution < 1.29 is 27.2 Å². The Hall–Kier alpha value is -4.09. The molecule has 0 bridgehead atoms.